The molecular formula is C11H15N5O2. The molecule has 0 saturated carbocycles. The third-order valence-corrected chi connectivity index (χ3v) is 2.46. The lowest BCUT2D eigenvalue weighted by Crippen LogP contribution is -2.09. The zero-order valence-corrected chi connectivity index (χ0v) is 10.5. The molecule has 96 valence electrons. The van der Waals surface area contributed by atoms with E-state index in [1.165, 1.54) is 0 Å². The lowest BCUT2D eigenvalue weighted by atomic mass is 10.2. The smallest absolute Gasteiger partial charge is 0.229 e. The minimum atomic E-state index is 0.0283. The first-order chi connectivity index (χ1) is 8.72. The summed E-state index contributed by atoms with van der Waals surface area (Å²) in [5, 5.41) is 9.81. The van der Waals surface area contributed by atoms with Gasteiger partial charge >= 0.3 is 0 Å². The minimum absolute atomic E-state index is 0.0283. The van der Waals surface area contributed by atoms with Gasteiger partial charge in [-0.15, -0.1) is 0 Å². The van der Waals surface area contributed by atoms with E-state index in [0.717, 1.165) is 5.56 Å². The van der Waals surface area contributed by atoms with Crippen molar-refractivity contribution in [2.75, 3.05) is 19.5 Å². The monoisotopic (exact) mass is 249 g/mol. The van der Waals surface area contributed by atoms with Crippen LogP contribution in [0.1, 0.15) is 18.5 Å². The first-order valence-corrected chi connectivity index (χ1v) is 5.45. The van der Waals surface area contributed by atoms with Crippen LogP contribution in [0.15, 0.2) is 18.5 Å². The van der Waals surface area contributed by atoms with Gasteiger partial charge < -0.3 is 14.8 Å². The molecule has 7 heteroatoms. The number of methoxy groups -OCH3 is 2. The molecule has 0 aliphatic rings. The van der Waals surface area contributed by atoms with Crippen LogP contribution in [-0.4, -0.2) is 34.4 Å². The van der Waals surface area contributed by atoms with Gasteiger partial charge in [0.1, 0.15) is 0 Å². The summed E-state index contributed by atoms with van der Waals surface area (Å²) in [5.74, 6) is 1.34. The molecule has 0 spiro atoms. The predicted octanol–water partition coefficient (Wildman–Crippen LogP) is 1.39. The summed E-state index contributed by atoms with van der Waals surface area (Å²) in [5.41, 5.74) is 1.01. The van der Waals surface area contributed by atoms with Gasteiger partial charge in [-0.05, 0) is 6.92 Å². The molecule has 1 unspecified atom stereocenters. The number of anilines is 1. The van der Waals surface area contributed by atoms with Gasteiger partial charge in [0.15, 0.2) is 0 Å². The number of nitrogens with zero attached hydrogens (tertiary/aromatic N) is 3. The molecule has 0 aliphatic carbocycles. The molecule has 1 atom stereocenters. The van der Waals surface area contributed by atoms with Crippen LogP contribution in [0.4, 0.5) is 5.95 Å². The molecule has 18 heavy (non-hydrogen) atoms. The van der Waals surface area contributed by atoms with Gasteiger partial charge in [-0.1, -0.05) is 0 Å². The second-order valence-electron chi connectivity index (χ2n) is 3.67. The van der Waals surface area contributed by atoms with Crippen molar-refractivity contribution in [2.24, 2.45) is 0 Å². The Balaban J connectivity index is 2.17. The highest BCUT2D eigenvalue weighted by molar-refractivity contribution is 5.36. The van der Waals surface area contributed by atoms with Crippen molar-refractivity contribution < 1.29 is 9.47 Å². The van der Waals surface area contributed by atoms with Crippen molar-refractivity contribution in [3.8, 4) is 11.8 Å². The van der Waals surface area contributed by atoms with Gasteiger partial charge in [0.2, 0.25) is 17.7 Å². The number of aromatic amines is 1. The molecule has 2 N–H and O–H groups in total. The van der Waals surface area contributed by atoms with Crippen LogP contribution in [-0.2, 0) is 0 Å². The fourth-order valence-corrected chi connectivity index (χ4v) is 1.45. The molecule has 2 aromatic rings. The summed E-state index contributed by atoms with van der Waals surface area (Å²) < 4.78 is 10.2. The fraction of sp³-hybridized carbons (Fsp3) is 0.364. The molecule has 0 radical (unpaired) electrons. The van der Waals surface area contributed by atoms with Crippen LogP contribution in [0, 0.1) is 0 Å². The Morgan fingerprint density at radius 2 is 1.89 bits per heavy atom. The summed E-state index contributed by atoms with van der Waals surface area (Å²) in [4.78, 5) is 8.39. The average Bonchev–Trinajstić information content (AvgIpc) is 2.92. The molecule has 0 aliphatic heterocycles. The molecule has 7 nitrogen and oxygen atoms in total. The second-order valence-corrected chi connectivity index (χ2v) is 3.67. The Bertz CT molecular complexity index is 478. The number of hydrogen-bond donors (Lipinski definition) is 2. The van der Waals surface area contributed by atoms with Gasteiger partial charge in [-0.2, -0.15) is 15.1 Å². The highest BCUT2D eigenvalue weighted by atomic mass is 16.5. The Morgan fingerprint density at radius 3 is 2.39 bits per heavy atom. The van der Waals surface area contributed by atoms with Crippen LogP contribution in [0.25, 0.3) is 0 Å². The van der Waals surface area contributed by atoms with Crippen molar-refractivity contribution in [1.29, 1.82) is 0 Å². The standard InChI is InChI=1S/C11H15N5O2/c1-7(8-5-12-13-6-8)14-11-15-9(17-2)4-10(16-11)18-3/h4-7H,1-3H3,(H,12,13)(H,14,15,16). The Kier molecular flexibility index (Phi) is 3.61. The van der Waals surface area contributed by atoms with Gasteiger partial charge in [0, 0.05) is 11.8 Å². The van der Waals surface area contributed by atoms with Crippen molar-refractivity contribution in [3.63, 3.8) is 0 Å². The fourth-order valence-electron chi connectivity index (χ4n) is 1.45. The maximum atomic E-state index is 5.08. The first kappa shape index (κ1) is 12.2. The molecule has 0 fully saturated rings. The molecule has 2 heterocycles. The van der Waals surface area contributed by atoms with Gasteiger partial charge in [-0.25, -0.2) is 0 Å². The SMILES string of the molecule is COc1cc(OC)nc(NC(C)c2cn[nH]c2)n1. The van der Waals surface area contributed by atoms with Gasteiger partial charge in [-0.3, -0.25) is 5.10 Å². The van der Waals surface area contributed by atoms with Crippen LogP contribution in [0.5, 0.6) is 11.8 Å². The van der Waals surface area contributed by atoms with E-state index in [1.807, 2.05) is 13.1 Å². The summed E-state index contributed by atoms with van der Waals surface area (Å²) in [7, 11) is 3.09. The van der Waals surface area contributed by atoms with Crippen molar-refractivity contribution in [3.05, 3.63) is 24.0 Å². The lowest BCUT2D eigenvalue weighted by Gasteiger charge is -2.13. The Morgan fingerprint density at radius 1 is 1.22 bits per heavy atom. The summed E-state index contributed by atoms with van der Waals surface area (Å²) >= 11 is 0. The zero-order chi connectivity index (χ0) is 13.0. The van der Waals surface area contributed by atoms with Gasteiger partial charge in [0.25, 0.3) is 0 Å². The van der Waals surface area contributed by atoms with E-state index in [4.69, 9.17) is 9.47 Å². The largest absolute Gasteiger partial charge is 0.481 e. The van der Waals surface area contributed by atoms with Crippen molar-refractivity contribution in [2.45, 2.75) is 13.0 Å². The van der Waals surface area contributed by atoms with E-state index in [9.17, 15) is 0 Å². The Labute approximate surface area is 105 Å². The maximum Gasteiger partial charge on any atom is 0.229 e. The number of aromatic nitrogens is 4. The zero-order valence-electron chi connectivity index (χ0n) is 10.5. The molecular weight excluding hydrogens is 234 g/mol. The van der Waals surface area contributed by atoms with Crippen LogP contribution in [0.2, 0.25) is 0 Å². The van der Waals surface area contributed by atoms with E-state index in [2.05, 4.69) is 25.5 Å². The highest BCUT2D eigenvalue weighted by Crippen LogP contribution is 2.21. The summed E-state index contributed by atoms with van der Waals surface area (Å²) in [6, 6.07) is 1.65. The average molecular weight is 249 g/mol. The second kappa shape index (κ2) is 5.35. The van der Waals surface area contributed by atoms with E-state index in [1.54, 1.807) is 26.5 Å². The number of H-pyrrole nitrogens is 1. The summed E-state index contributed by atoms with van der Waals surface area (Å²) in [6.45, 7) is 1.99. The number of nitrogens with one attached hydrogen (secondary N) is 2. The van der Waals surface area contributed by atoms with Gasteiger partial charge in [0.05, 0.1) is 32.5 Å². The minimum Gasteiger partial charge on any atom is -0.481 e. The summed E-state index contributed by atoms with van der Waals surface area (Å²) in [6.07, 6.45) is 3.56. The predicted molar refractivity (Wildman–Crippen MR) is 65.8 cm³/mol. The normalized spacial score (nSPS) is 11.9. The lowest BCUT2D eigenvalue weighted by molar-refractivity contribution is 0.372. The quantitative estimate of drug-likeness (QED) is 0.833. The van der Waals surface area contributed by atoms with Crippen LogP contribution in [0.3, 0.4) is 0 Å². The first-order valence-electron chi connectivity index (χ1n) is 5.45. The third kappa shape index (κ3) is 2.68. The van der Waals surface area contributed by atoms with E-state index >= 15 is 0 Å². The molecule has 2 rings (SSSR count). The van der Waals surface area contributed by atoms with Crippen molar-refractivity contribution >= 4 is 5.95 Å². The Hall–Kier alpha value is -2.31. The molecule has 0 saturated heterocycles. The molecule has 0 amide bonds. The van der Waals surface area contributed by atoms with Crippen molar-refractivity contribution in [1.82, 2.24) is 20.2 Å². The topological polar surface area (TPSA) is 85.0 Å². The molecule has 0 aromatic carbocycles. The van der Waals surface area contributed by atoms with E-state index in [-0.39, 0.29) is 6.04 Å². The number of hydrogen-bond acceptors (Lipinski definition) is 6. The van der Waals surface area contributed by atoms with E-state index < -0.39 is 0 Å². The highest BCUT2D eigenvalue weighted by Gasteiger charge is 2.10. The number of rotatable bonds is 5. The van der Waals surface area contributed by atoms with E-state index in [0.29, 0.717) is 17.7 Å². The molecule has 2 aromatic heterocycles. The van der Waals surface area contributed by atoms with Crippen LogP contribution < -0.4 is 14.8 Å². The van der Waals surface area contributed by atoms with Crippen LogP contribution >= 0.6 is 0 Å². The third-order valence-electron chi connectivity index (χ3n) is 2.46. The maximum absolute atomic E-state index is 5.08. The number of ether oxygens (including phenoxy) is 2. The molecule has 0 bridgehead atoms.